The van der Waals surface area contributed by atoms with E-state index in [9.17, 15) is 9.18 Å². The molecule has 0 saturated carbocycles. The maximum absolute atomic E-state index is 13.2. The summed E-state index contributed by atoms with van der Waals surface area (Å²) in [6.07, 6.45) is 0.230. The van der Waals surface area contributed by atoms with Crippen molar-refractivity contribution in [3.8, 4) is 17.6 Å². The number of nitrogens with zero attached hydrogens (tertiary/aromatic N) is 2. The highest BCUT2D eigenvalue weighted by Gasteiger charge is 2.17. The quantitative estimate of drug-likeness (QED) is 0.291. The number of carbonyl (C=O) groups is 1. The minimum Gasteiger partial charge on any atom is -0.489 e. The third-order valence-corrected chi connectivity index (χ3v) is 6.60. The van der Waals surface area contributed by atoms with Crippen LogP contribution < -0.4 is 9.64 Å². The van der Waals surface area contributed by atoms with Crippen LogP contribution in [0.5, 0.6) is 5.75 Å². The number of ether oxygens (including phenoxy) is 2. The van der Waals surface area contributed by atoms with Gasteiger partial charge in [0.15, 0.2) is 0 Å². The van der Waals surface area contributed by atoms with Crippen molar-refractivity contribution in [2.45, 2.75) is 32.4 Å². The lowest BCUT2D eigenvalue weighted by Gasteiger charge is -2.36. The first kappa shape index (κ1) is 26.2. The number of piperazine rings is 1. The summed E-state index contributed by atoms with van der Waals surface area (Å²) in [5.41, 5.74) is 4.43. The second-order valence-corrected chi connectivity index (χ2v) is 9.14. The molecule has 0 bridgehead atoms. The first-order valence-corrected chi connectivity index (χ1v) is 12.6. The van der Waals surface area contributed by atoms with Crippen molar-refractivity contribution in [2.75, 3.05) is 38.2 Å². The number of esters is 1. The minimum absolute atomic E-state index is 0.190. The summed E-state index contributed by atoms with van der Waals surface area (Å²) in [7, 11) is 1.39. The summed E-state index contributed by atoms with van der Waals surface area (Å²) in [6, 6.07) is 23.0. The van der Waals surface area contributed by atoms with Gasteiger partial charge in [-0.2, -0.15) is 0 Å². The van der Waals surface area contributed by atoms with Gasteiger partial charge in [-0.05, 0) is 60.0 Å². The topological polar surface area (TPSA) is 42.0 Å². The van der Waals surface area contributed by atoms with Gasteiger partial charge in [0.1, 0.15) is 18.2 Å². The SMILES string of the molecule is CC#C[C@@H](CC(=O)OC)c1ccc(OCc2ccc(CN3CCN(c4ccc(F)cc4)CC3)cc2)cc1. The maximum atomic E-state index is 13.2. The van der Waals surface area contributed by atoms with E-state index in [0.717, 1.165) is 55.3 Å². The first-order valence-electron chi connectivity index (χ1n) is 12.6. The van der Waals surface area contributed by atoms with Gasteiger partial charge in [0.25, 0.3) is 0 Å². The fraction of sp³-hybridized carbons (Fsp3) is 0.323. The van der Waals surface area contributed by atoms with E-state index in [2.05, 4.69) is 45.9 Å². The molecule has 4 rings (SSSR count). The Morgan fingerprint density at radius 3 is 2.19 bits per heavy atom. The van der Waals surface area contributed by atoms with Gasteiger partial charge in [-0.25, -0.2) is 4.39 Å². The molecule has 1 atom stereocenters. The van der Waals surface area contributed by atoms with Crippen LogP contribution in [0.25, 0.3) is 0 Å². The molecule has 5 nitrogen and oxygen atoms in total. The Morgan fingerprint density at radius 2 is 1.57 bits per heavy atom. The van der Waals surface area contributed by atoms with Gasteiger partial charge in [0, 0.05) is 38.4 Å². The molecular weight excluding hydrogens is 467 g/mol. The van der Waals surface area contributed by atoms with Crippen LogP contribution in [0.3, 0.4) is 0 Å². The minimum atomic E-state index is -0.274. The Morgan fingerprint density at radius 1 is 0.919 bits per heavy atom. The number of anilines is 1. The van der Waals surface area contributed by atoms with Crippen LogP contribution in [0.1, 0.15) is 36.0 Å². The third kappa shape index (κ3) is 7.58. The summed E-state index contributed by atoms with van der Waals surface area (Å²) in [5.74, 6) is 6.08. The van der Waals surface area contributed by atoms with Gasteiger partial charge < -0.3 is 14.4 Å². The fourth-order valence-electron chi connectivity index (χ4n) is 4.45. The van der Waals surface area contributed by atoms with Crippen LogP contribution in [-0.4, -0.2) is 44.2 Å². The molecule has 1 heterocycles. The monoisotopic (exact) mass is 500 g/mol. The van der Waals surface area contributed by atoms with Gasteiger partial charge in [-0.3, -0.25) is 9.69 Å². The molecule has 6 heteroatoms. The fourth-order valence-corrected chi connectivity index (χ4v) is 4.45. The van der Waals surface area contributed by atoms with E-state index < -0.39 is 0 Å². The molecule has 0 spiro atoms. The highest BCUT2D eigenvalue weighted by atomic mass is 19.1. The van der Waals surface area contributed by atoms with Crippen molar-refractivity contribution in [3.05, 3.63) is 95.3 Å². The van der Waals surface area contributed by atoms with Crippen LogP contribution >= 0.6 is 0 Å². The number of hydrogen-bond donors (Lipinski definition) is 0. The first-order chi connectivity index (χ1) is 18.0. The largest absolute Gasteiger partial charge is 0.489 e. The van der Waals surface area contributed by atoms with E-state index in [4.69, 9.17) is 9.47 Å². The van der Waals surface area contributed by atoms with Crippen LogP contribution in [0.2, 0.25) is 0 Å². The molecule has 0 N–H and O–H groups in total. The van der Waals surface area contributed by atoms with E-state index in [1.54, 1.807) is 6.92 Å². The molecule has 1 fully saturated rings. The Kier molecular flexibility index (Phi) is 9.18. The molecule has 0 amide bonds. The standard InChI is InChI=1S/C31H33FN2O3/c1-3-4-27(21-31(35)36-2)26-9-15-30(16-10-26)37-23-25-7-5-24(6-8-25)22-33-17-19-34(20-18-33)29-13-11-28(32)12-14-29/h5-16,27H,17-23H2,1-2H3/t27-/m0/s1. The second-order valence-electron chi connectivity index (χ2n) is 9.14. The maximum Gasteiger partial charge on any atom is 0.307 e. The Labute approximate surface area is 218 Å². The van der Waals surface area contributed by atoms with E-state index in [1.165, 1.54) is 24.8 Å². The summed E-state index contributed by atoms with van der Waals surface area (Å²) >= 11 is 0. The highest BCUT2D eigenvalue weighted by Crippen LogP contribution is 2.23. The van der Waals surface area contributed by atoms with Crippen LogP contribution in [0.4, 0.5) is 10.1 Å². The van der Waals surface area contributed by atoms with Crippen molar-refractivity contribution in [2.24, 2.45) is 0 Å². The molecule has 0 aliphatic carbocycles. The average Bonchev–Trinajstić information content (AvgIpc) is 2.93. The summed E-state index contributed by atoms with van der Waals surface area (Å²) < 4.78 is 23.9. The van der Waals surface area contributed by atoms with E-state index >= 15 is 0 Å². The second kappa shape index (κ2) is 12.9. The van der Waals surface area contributed by atoms with Gasteiger partial charge in [-0.1, -0.05) is 42.3 Å². The predicted octanol–water partition coefficient (Wildman–Crippen LogP) is 5.40. The van der Waals surface area contributed by atoms with Crippen molar-refractivity contribution >= 4 is 11.7 Å². The van der Waals surface area contributed by atoms with Crippen molar-refractivity contribution in [1.82, 2.24) is 4.90 Å². The van der Waals surface area contributed by atoms with Crippen molar-refractivity contribution in [3.63, 3.8) is 0 Å². The summed E-state index contributed by atoms with van der Waals surface area (Å²) in [5, 5.41) is 0. The zero-order chi connectivity index (χ0) is 26.0. The predicted molar refractivity (Wildman–Crippen MR) is 144 cm³/mol. The van der Waals surface area contributed by atoms with Crippen LogP contribution in [-0.2, 0) is 22.7 Å². The molecule has 0 unspecified atom stereocenters. The number of hydrogen-bond acceptors (Lipinski definition) is 5. The van der Waals surface area contributed by atoms with Crippen LogP contribution in [0.15, 0.2) is 72.8 Å². The highest BCUT2D eigenvalue weighted by molar-refractivity contribution is 5.71. The van der Waals surface area contributed by atoms with Crippen molar-refractivity contribution < 1.29 is 18.7 Å². The van der Waals surface area contributed by atoms with Crippen LogP contribution in [0, 0.1) is 17.7 Å². The lowest BCUT2D eigenvalue weighted by Crippen LogP contribution is -2.45. The molecule has 1 aliphatic rings. The van der Waals surface area contributed by atoms with E-state index in [1.807, 2.05) is 36.4 Å². The number of halogens is 1. The summed E-state index contributed by atoms with van der Waals surface area (Å²) in [4.78, 5) is 16.4. The molecule has 1 aliphatic heterocycles. The number of rotatable bonds is 9. The average molecular weight is 501 g/mol. The number of carbonyl (C=O) groups excluding carboxylic acids is 1. The summed E-state index contributed by atoms with van der Waals surface area (Å²) in [6.45, 7) is 6.98. The normalized spacial score (nSPS) is 14.4. The third-order valence-electron chi connectivity index (χ3n) is 6.60. The Hall–Kier alpha value is -3.82. The van der Waals surface area contributed by atoms with Crippen molar-refractivity contribution in [1.29, 1.82) is 0 Å². The smallest absolute Gasteiger partial charge is 0.307 e. The molecule has 3 aromatic rings. The number of benzene rings is 3. The van der Waals surface area contributed by atoms with Gasteiger partial charge in [0.2, 0.25) is 0 Å². The Balaban J connectivity index is 1.24. The van der Waals surface area contributed by atoms with E-state index in [0.29, 0.717) is 6.61 Å². The van der Waals surface area contributed by atoms with E-state index in [-0.39, 0.29) is 24.1 Å². The molecule has 192 valence electrons. The lowest BCUT2D eigenvalue weighted by atomic mass is 9.96. The lowest BCUT2D eigenvalue weighted by molar-refractivity contribution is -0.140. The molecule has 37 heavy (non-hydrogen) atoms. The molecule has 1 saturated heterocycles. The number of methoxy groups -OCH3 is 1. The Bertz CT molecular complexity index is 1210. The van der Waals surface area contributed by atoms with Gasteiger partial charge >= 0.3 is 5.97 Å². The molecule has 0 aromatic heterocycles. The molecule has 0 radical (unpaired) electrons. The zero-order valence-corrected chi connectivity index (χ0v) is 21.5. The zero-order valence-electron chi connectivity index (χ0n) is 21.5. The molecule has 3 aromatic carbocycles. The van der Waals surface area contributed by atoms with Gasteiger partial charge in [0.05, 0.1) is 19.4 Å². The molecular formula is C31H33FN2O3. The van der Waals surface area contributed by atoms with Gasteiger partial charge in [-0.15, -0.1) is 5.92 Å².